The third kappa shape index (κ3) is 3.77. The van der Waals surface area contributed by atoms with E-state index in [1.165, 1.54) is 11.8 Å². The summed E-state index contributed by atoms with van der Waals surface area (Å²) in [6.45, 7) is 8.14. The van der Waals surface area contributed by atoms with Crippen LogP contribution in [0.15, 0.2) is 56.9 Å². The van der Waals surface area contributed by atoms with Gasteiger partial charge in [0.15, 0.2) is 11.0 Å². The van der Waals surface area contributed by atoms with Gasteiger partial charge >= 0.3 is 0 Å². The van der Waals surface area contributed by atoms with Crippen LogP contribution in [0.1, 0.15) is 48.4 Å². The molecule has 0 saturated heterocycles. The maximum atomic E-state index is 13.5. The van der Waals surface area contributed by atoms with Gasteiger partial charge in [-0.3, -0.25) is 9.36 Å². The average molecular weight is 421 g/mol. The summed E-state index contributed by atoms with van der Waals surface area (Å²) in [5.74, 6) is 1.25. The molecule has 4 rings (SSSR count). The summed E-state index contributed by atoms with van der Waals surface area (Å²) in [4.78, 5) is 22.8. The van der Waals surface area contributed by atoms with Crippen molar-refractivity contribution >= 4 is 22.7 Å². The monoisotopic (exact) mass is 420 g/mol. The summed E-state index contributed by atoms with van der Waals surface area (Å²) in [6.07, 6.45) is 1.74. The topological polar surface area (TPSA) is 73.8 Å². The van der Waals surface area contributed by atoms with Gasteiger partial charge in [0, 0.05) is 6.42 Å². The van der Waals surface area contributed by atoms with Gasteiger partial charge in [-0.15, -0.1) is 0 Å². The highest BCUT2D eigenvalue weighted by Crippen LogP contribution is 2.34. The van der Waals surface area contributed by atoms with Crippen molar-refractivity contribution in [2.24, 2.45) is 0 Å². The van der Waals surface area contributed by atoms with Gasteiger partial charge < -0.3 is 4.52 Å². The maximum Gasteiger partial charge on any atom is 0.266 e. The molecule has 0 bridgehead atoms. The van der Waals surface area contributed by atoms with Crippen LogP contribution in [0.5, 0.6) is 0 Å². The molecule has 4 aromatic rings. The summed E-state index contributed by atoms with van der Waals surface area (Å²) < 4.78 is 7.16. The second-order valence-electron chi connectivity index (χ2n) is 7.33. The summed E-state index contributed by atoms with van der Waals surface area (Å²) in [5.41, 5.74) is 3.61. The lowest BCUT2D eigenvalue weighted by Crippen LogP contribution is -2.23. The van der Waals surface area contributed by atoms with Crippen LogP contribution < -0.4 is 5.56 Å². The van der Waals surface area contributed by atoms with Gasteiger partial charge in [-0.2, -0.15) is 4.98 Å². The second-order valence-corrected chi connectivity index (χ2v) is 8.64. The van der Waals surface area contributed by atoms with Gasteiger partial charge in [0.05, 0.1) is 21.8 Å². The summed E-state index contributed by atoms with van der Waals surface area (Å²) in [7, 11) is 0. The Labute approximate surface area is 179 Å². The van der Waals surface area contributed by atoms with E-state index in [0.29, 0.717) is 27.8 Å². The zero-order valence-electron chi connectivity index (χ0n) is 17.5. The molecule has 7 heteroatoms. The minimum Gasteiger partial charge on any atom is -0.338 e. The SMILES string of the molecule is CCCc1noc(C(C)Sc2nc3ccccc3c(=O)n2-c2cccc(C)c2C)n1. The molecule has 0 aliphatic carbocycles. The Hall–Kier alpha value is -2.93. The Kier molecular flexibility index (Phi) is 5.72. The van der Waals surface area contributed by atoms with E-state index in [4.69, 9.17) is 9.51 Å². The molecule has 2 aromatic heterocycles. The molecular formula is C23H24N4O2S. The number of hydrogen-bond donors (Lipinski definition) is 0. The zero-order valence-corrected chi connectivity index (χ0v) is 18.4. The van der Waals surface area contributed by atoms with Crippen molar-refractivity contribution in [3.8, 4) is 5.69 Å². The molecule has 2 heterocycles. The molecule has 0 spiro atoms. The van der Waals surface area contributed by atoms with Crippen LogP contribution in [0.2, 0.25) is 0 Å². The molecule has 0 amide bonds. The molecule has 2 aromatic carbocycles. The van der Waals surface area contributed by atoms with E-state index in [-0.39, 0.29) is 10.8 Å². The first-order valence-corrected chi connectivity index (χ1v) is 10.9. The van der Waals surface area contributed by atoms with Crippen LogP contribution in [0.4, 0.5) is 0 Å². The molecule has 30 heavy (non-hydrogen) atoms. The van der Waals surface area contributed by atoms with Crippen LogP contribution in [-0.2, 0) is 6.42 Å². The van der Waals surface area contributed by atoms with Crippen molar-refractivity contribution in [3.63, 3.8) is 0 Å². The summed E-state index contributed by atoms with van der Waals surface area (Å²) in [6, 6.07) is 13.4. The number of rotatable bonds is 6. The largest absolute Gasteiger partial charge is 0.338 e. The normalized spacial score (nSPS) is 12.4. The van der Waals surface area contributed by atoms with Crippen LogP contribution in [0.25, 0.3) is 16.6 Å². The summed E-state index contributed by atoms with van der Waals surface area (Å²) in [5, 5.41) is 5.11. The molecule has 0 fully saturated rings. The van der Waals surface area contributed by atoms with Gasteiger partial charge in [-0.1, -0.05) is 48.1 Å². The van der Waals surface area contributed by atoms with Gasteiger partial charge in [-0.05, 0) is 56.5 Å². The molecule has 0 N–H and O–H groups in total. The number of para-hydroxylation sites is 1. The Morgan fingerprint density at radius 1 is 1.10 bits per heavy atom. The minimum atomic E-state index is -0.146. The predicted octanol–water partition coefficient (Wildman–Crippen LogP) is 5.19. The number of hydrogen-bond acceptors (Lipinski definition) is 6. The van der Waals surface area contributed by atoms with E-state index in [0.717, 1.165) is 29.7 Å². The first kappa shape index (κ1) is 20.3. The fourth-order valence-electron chi connectivity index (χ4n) is 3.35. The van der Waals surface area contributed by atoms with Crippen LogP contribution in [-0.4, -0.2) is 19.7 Å². The summed E-state index contributed by atoms with van der Waals surface area (Å²) >= 11 is 1.45. The van der Waals surface area contributed by atoms with E-state index >= 15 is 0 Å². The third-order valence-corrected chi connectivity index (χ3v) is 6.19. The highest BCUT2D eigenvalue weighted by atomic mass is 32.2. The molecular weight excluding hydrogens is 396 g/mol. The average Bonchev–Trinajstić information content (AvgIpc) is 3.20. The zero-order chi connectivity index (χ0) is 21.3. The molecule has 0 saturated carbocycles. The van der Waals surface area contributed by atoms with Gasteiger partial charge in [0.25, 0.3) is 5.56 Å². The Morgan fingerprint density at radius 2 is 1.90 bits per heavy atom. The lowest BCUT2D eigenvalue weighted by molar-refractivity contribution is 0.374. The molecule has 6 nitrogen and oxygen atoms in total. The molecule has 154 valence electrons. The van der Waals surface area contributed by atoms with E-state index < -0.39 is 0 Å². The third-order valence-electron chi connectivity index (χ3n) is 5.15. The van der Waals surface area contributed by atoms with Crippen LogP contribution in [0.3, 0.4) is 0 Å². The fourth-order valence-corrected chi connectivity index (χ4v) is 4.30. The Bertz CT molecular complexity index is 1260. The lowest BCUT2D eigenvalue weighted by atomic mass is 10.1. The standard InChI is InChI=1S/C23H24N4O2S/c1-5-9-20-25-21(29-26-20)16(4)30-23-24-18-12-7-6-11-17(18)22(28)27(23)19-13-8-10-14(2)15(19)3/h6-8,10-13,16H,5,9H2,1-4H3. The highest BCUT2D eigenvalue weighted by molar-refractivity contribution is 7.99. The quantitative estimate of drug-likeness (QED) is 0.316. The second kappa shape index (κ2) is 8.44. The molecule has 0 aliphatic rings. The van der Waals surface area contributed by atoms with Crippen molar-refractivity contribution in [2.45, 2.75) is 50.9 Å². The number of aryl methyl sites for hydroxylation is 2. The first-order chi connectivity index (χ1) is 14.5. The number of thioether (sulfide) groups is 1. The number of fused-ring (bicyclic) bond motifs is 1. The Balaban J connectivity index is 1.85. The van der Waals surface area contributed by atoms with E-state index in [9.17, 15) is 4.79 Å². The molecule has 1 atom stereocenters. The van der Waals surface area contributed by atoms with Crippen molar-refractivity contribution in [3.05, 3.63) is 75.7 Å². The van der Waals surface area contributed by atoms with E-state index in [1.54, 1.807) is 4.57 Å². The lowest BCUT2D eigenvalue weighted by Gasteiger charge is -2.17. The Morgan fingerprint density at radius 3 is 2.70 bits per heavy atom. The highest BCUT2D eigenvalue weighted by Gasteiger charge is 2.21. The number of nitrogens with zero attached hydrogens (tertiary/aromatic N) is 4. The van der Waals surface area contributed by atoms with Gasteiger partial charge in [0.1, 0.15) is 0 Å². The number of aromatic nitrogens is 4. The first-order valence-electron chi connectivity index (χ1n) is 10.1. The van der Waals surface area contributed by atoms with Gasteiger partial charge in [0.2, 0.25) is 5.89 Å². The van der Waals surface area contributed by atoms with Crippen molar-refractivity contribution in [1.29, 1.82) is 0 Å². The van der Waals surface area contributed by atoms with Crippen molar-refractivity contribution < 1.29 is 4.52 Å². The van der Waals surface area contributed by atoms with E-state index in [1.807, 2.05) is 63.2 Å². The van der Waals surface area contributed by atoms with Crippen molar-refractivity contribution in [2.75, 3.05) is 0 Å². The molecule has 1 unspecified atom stereocenters. The predicted molar refractivity (Wildman–Crippen MR) is 119 cm³/mol. The smallest absolute Gasteiger partial charge is 0.266 e. The minimum absolute atomic E-state index is 0.0822. The maximum absolute atomic E-state index is 13.5. The molecule has 0 radical (unpaired) electrons. The fraction of sp³-hybridized carbons (Fsp3) is 0.304. The van der Waals surface area contributed by atoms with Gasteiger partial charge in [-0.25, -0.2) is 4.98 Å². The van der Waals surface area contributed by atoms with E-state index in [2.05, 4.69) is 17.1 Å². The number of benzene rings is 2. The van der Waals surface area contributed by atoms with Crippen LogP contribution >= 0.6 is 11.8 Å². The van der Waals surface area contributed by atoms with Crippen LogP contribution in [0, 0.1) is 13.8 Å². The van der Waals surface area contributed by atoms with Crippen molar-refractivity contribution in [1.82, 2.24) is 19.7 Å². The molecule has 0 aliphatic heterocycles.